The predicted octanol–water partition coefficient (Wildman–Crippen LogP) is 5.79. The van der Waals surface area contributed by atoms with Crippen molar-refractivity contribution in [2.45, 2.75) is 44.2 Å². The molecule has 2 heterocycles. The van der Waals surface area contributed by atoms with Gasteiger partial charge in [0.2, 0.25) is 0 Å². The summed E-state index contributed by atoms with van der Waals surface area (Å²) in [6.45, 7) is 0.975. The third-order valence-corrected chi connectivity index (χ3v) is 6.37. The molecular weight excluding hydrogens is 370 g/mol. The second-order valence-electron chi connectivity index (χ2n) is 8.40. The molecule has 2 aromatic carbocycles. The van der Waals surface area contributed by atoms with E-state index in [2.05, 4.69) is 86.6 Å². The van der Waals surface area contributed by atoms with Crippen LogP contribution in [0.3, 0.4) is 0 Å². The first-order chi connectivity index (χ1) is 14.9. The summed E-state index contributed by atoms with van der Waals surface area (Å²) in [5.41, 5.74) is 3.45. The van der Waals surface area contributed by atoms with Crippen molar-refractivity contribution in [3.63, 3.8) is 0 Å². The zero-order valence-corrected chi connectivity index (χ0v) is 17.2. The monoisotopic (exact) mass is 399 g/mol. The fourth-order valence-electron chi connectivity index (χ4n) is 4.74. The summed E-state index contributed by atoms with van der Waals surface area (Å²) in [5.74, 6) is 2.49. The normalized spacial score (nSPS) is 21.2. The quantitative estimate of drug-likeness (QED) is 0.507. The molecule has 1 aliphatic heterocycles. The minimum atomic E-state index is 0.0854. The van der Waals surface area contributed by atoms with E-state index in [-0.39, 0.29) is 12.1 Å². The molecule has 1 fully saturated rings. The Bertz CT molecular complexity index is 954. The van der Waals surface area contributed by atoms with Gasteiger partial charge in [-0.3, -0.25) is 0 Å². The molecule has 2 unspecified atom stereocenters. The van der Waals surface area contributed by atoms with Crippen molar-refractivity contribution in [2.75, 3.05) is 22.5 Å². The number of anilines is 3. The summed E-state index contributed by atoms with van der Waals surface area (Å²) < 4.78 is 0. The lowest BCUT2D eigenvalue weighted by Gasteiger charge is -2.37. The molecular formula is C25H29N5. The molecule has 0 spiro atoms. The molecule has 2 aliphatic rings. The lowest BCUT2D eigenvalue weighted by Crippen LogP contribution is -2.31. The molecule has 3 aromatic rings. The van der Waals surface area contributed by atoms with Gasteiger partial charge in [-0.05, 0) is 29.9 Å². The standard InChI is InChI=1S/C25H29N5/c1-4-10-18(11-5-1)16-26-24-23-25(28-17-27-24)30-22(20-14-8-3-9-15-20)21(29-23)19-12-6-2-7-13-19/h2-3,6-9,12-15,17-18,21-22,29H,1,4-5,10-11,16H2,(H2,26,27,28,30). The first-order valence-corrected chi connectivity index (χ1v) is 11.1. The van der Waals surface area contributed by atoms with E-state index >= 15 is 0 Å². The van der Waals surface area contributed by atoms with Gasteiger partial charge in [-0.15, -0.1) is 0 Å². The summed E-state index contributed by atoms with van der Waals surface area (Å²) in [5, 5.41) is 11.1. The molecule has 0 bridgehead atoms. The van der Waals surface area contributed by atoms with Crippen molar-refractivity contribution in [1.29, 1.82) is 0 Å². The predicted molar refractivity (Wildman–Crippen MR) is 123 cm³/mol. The maximum atomic E-state index is 4.58. The van der Waals surface area contributed by atoms with Gasteiger partial charge in [0.15, 0.2) is 11.6 Å². The zero-order chi connectivity index (χ0) is 20.2. The maximum absolute atomic E-state index is 4.58. The van der Waals surface area contributed by atoms with Gasteiger partial charge in [0.25, 0.3) is 0 Å². The van der Waals surface area contributed by atoms with E-state index in [9.17, 15) is 0 Å². The summed E-state index contributed by atoms with van der Waals surface area (Å²) >= 11 is 0. The van der Waals surface area contributed by atoms with E-state index in [1.165, 1.54) is 43.2 Å². The minimum absolute atomic E-state index is 0.0854. The molecule has 1 aromatic heterocycles. The number of hydrogen-bond donors (Lipinski definition) is 3. The molecule has 5 nitrogen and oxygen atoms in total. The van der Waals surface area contributed by atoms with Crippen LogP contribution in [-0.4, -0.2) is 16.5 Å². The Morgan fingerprint density at radius 2 is 1.40 bits per heavy atom. The molecule has 0 radical (unpaired) electrons. The molecule has 0 amide bonds. The number of nitrogens with zero attached hydrogens (tertiary/aromatic N) is 2. The van der Waals surface area contributed by atoms with Crippen molar-refractivity contribution in [1.82, 2.24) is 9.97 Å². The SMILES string of the molecule is c1ccc(C2Nc3ncnc(NCC4CCCCC4)c3NC2c2ccccc2)cc1. The van der Waals surface area contributed by atoms with Crippen LogP contribution in [0.4, 0.5) is 17.3 Å². The highest BCUT2D eigenvalue weighted by atomic mass is 15.2. The molecule has 30 heavy (non-hydrogen) atoms. The van der Waals surface area contributed by atoms with Gasteiger partial charge in [-0.25, -0.2) is 9.97 Å². The summed E-state index contributed by atoms with van der Waals surface area (Å²) in [4.78, 5) is 9.13. The van der Waals surface area contributed by atoms with Gasteiger partial charge in [0, 0.05) is 6.54 Å². The van der Waals surface area contributed by atoms with Crippen LogP contribution >= 0.6 is 0 Å². The van der Waals surface area contributed by atoms with Gasteiger partial charge >= 0.3 is 0 Å². The topological polar surface area (TPSA) is 61.9 Å². The number of nitrogens with one attached hydrogen (secondary N) is 3. The molecule has 2 atom stereocenters. The second kappa shape index (κ2) is 8.74. The van der Waals surface area contributed by atoms with Crippen LogP contribution in [0, 0.1) is 5.92 Å². The van der Waals surface area contributed by atoms with Crippen molar-refractivity contribution < 1.29 is 0 Å². The Kier molecular flexibility index (Phi) is 5.51. The first-order valence-electron chi connectivity index (χ1n) is 11.1. The van der Waals surface area contributed by atoms with Crippen molar-refractivity contribution in [3.8, 4) is 0 Å². The highest BCUT2D eigenvalue weighted by Crippen LogP contribution is 2.43. The zero-order valence-electron chi connectivity index (χ0n) is 17.2. The highest BCUT2D eigenvalue weighted by Gasteiger charge is 2.32. The van der Waals surface area contributed by atoms with E-state index in [1.54, 1.807) is 6.33 Å². The Labute approximate surface area is 178 Å². The molecule has 0 saturated heterocycles. The minimum Gasteiger partial charge on any atom is -0.370 e. The largest absolute Gasteiger partial charge is 0.370 e. The fraction of sp³-hybridized carbons (Fsp3) is 0.360. The number of rotatable bonds is 5. The van der Waals surface area contributed by atoms with Crippen LogP contribution in [0.1, 0.15) is 55.3 Å². The molecule has 5 heteroatoms. The van der Waals surface area contributed by atoms with Gasteiger partial charge < -0.3 is 16.0 Å². The second-order valence-corrected chi connectivity index (χ2v) is 8.40. The summed E-state index contributed by atoms with van der Waals surface area (Å²) in [6.07, 6.45) is 8.36. The number of hydrogen-bond acceptors (Lipinski definition) is 5. The van der Waals surface area contributed by atoms with Gasteiger partial charge in [-0.1, -0.05) is 79.9 Å². The third kappa shape index (κ3) is 3.97. The van der Waals surface area contributed by atoms with Crippen molar-refractivity contribution >= 4 is 17.3 Å². The van der Waals surface area contributed by atoms with Crippen LogP contribution in [0.15, 0.2) is 67.0 Å². The van der Waals surface area contributed by atoms with Gasteiger partial charge in [0.1, 0.15) is 12.0 Å². The summed E-state index contributed by atoms with van der Waals surface area (Å²) in [7, 11) is 0. The molecule has 3 N–H and O–H groups in total. The molecule has 154 valence electrons. The number of aromatic nitrogens is 2. The van der Waals surface area contributed by atoms with Crippen molar-refractivity contribution in [3.05, 3.63) is 78.1 Å². The van der Waals surface area contributed by atoms with E-state index in [0.717, 1.165) is 29.8 Å². The summed E-state index contributed by atoms with van der Waals surface area (Å²) in [6, 6.07) is 21.4. The molecule has 1 saturated carbocycles. The van der Waals surface area contributed by atoms with E-state index in [1.807, 2.05) is 0 Å². The lowest BCUT2D eigenvalue weighted by molar-refractivity contribution is 0.373. The average Bonchev–Trinajstić information content (AvgIpc) is 2.83. The Balaban J connectivity index is 1.45. The van der Waals surface area contributed by atoms with E-state index < -0.39 is 0 Å². The Morgan fingerprint density at radius 1 is 0.767 bits per heavy atom. The maximum Gasteiger partial charge on any atom is 0.155 e. The van der Waals surface area contributed by atoms with Gasteiger partial charge in [-0.2, -0.15) is 0 Å². The highest BCUT2D eigenvalue weighted by molar-refractivity contribution is 5.79. The van der Waals surface area contributed by atoms with Crippen molar-refractivity contribution in [2.24, 2.45) is 5.92 Å². The Morgan fingerprint density at radius 3 is 2.07 bits per heavy atom. The van der Waals surface area contributed by atoms with Crippen LogP contribution in [-0.2, 0) is 0 Å². The number of benzene rings is 2. The number of fused-ring (bicyclic) bond motifs is 1. The molecule has 5 rings (SSSR count). The smallest absolute Gasteiger partial charge is 0.155 e. The average molecular weight is 400 g/mol. The van der Waals surface area contributed by atoms with E-state index in [0.29, 0.717) is 0 Å². The van der Waals surface area contributed by atoms with Crippen LogP contribution in [0.2, 0.25) is 0 Å². The van der Waals surface area contributed by atoms with Crippen LogP contribution in [0.25, 0.3) is 0 Å². The van der Waals surface area contributed by atoms with Gasteiger partial charge in [0.05, 0.1) is 12.1 Å². The lowest BCUT2D eigenvalue weighted by atomic mass is 9.89. The Hall–Kier alpha value is -3.08. The van der Waals surface area contributed by atoms with Crippen LogP contribution in [0.5, 0.6) is 0 Å². The van der Waals surface area contributed by atoms with E-state index in [4.69, 9.17) is 0 Å². The fourth-order valence-corrected chi connectivity index (χ4v) is 4.74. The third-order valence-electron chi connectivity index (χ3n) is 6.37. The molecule has 1 aliphatic carbocycles. The first kappa shape index (κ1) is 18.9. The van der Waals surface area contributed by atoms with Crippen LogP contribution < -0.4 is 16.0 Å².